The van der Waals surface area contributed by atoms with E-state index in [4.69, 9.17) is 4.74 Å². The molecule has 25 heavy (non-hydrogen) atoms. The molecule has 3 aromatic carbocycles. The summed E-state index contributed by atoms with van der Waals surface area (Å²) in [5, 5.41) is 3.33. The summed E-state index contributed by atoms with van der Waals surface area (Å²) in [5.74, 6) is 0.665. The number of nitrogens with one attached hydrogen (secondary N) is 1. The van der Waals surface area contributed by atoms with E-state index < -0.39 is 0 Å². The van der Waals surface area contributed by atoms with Crippen molar-refractivity contribution >= 4 is 17.2 Å². The maximum absolute atomic E-state index is 12.6. The molecule has 1 N–H and O–H groups in total. The molecule has 0 atom stereocenters. The summed E-state index contributed by atoms with van der Waals surface area (Å²) < 4.78 is 5.40. The lowest BCUT2D eigenvalue weighted by atomic mass is 10.1. The monoisotopic (exact) mass is 329 g/mol. The highest BCUT2D eigenvalue weighted by Crippen LogP contribution is 2.27. The van der Waals surface area contributed by atoms with Crippen LogP contribution in [0.1, 0.15) is 15.9 Å². The second kappa shape index (κ2) is 7.97. The highest BCUT2D eigenvalue weighted by molar-refractivity contribution is 6.09. The number of para-hydroxylation sites is 2. The van der Waals surface area contributed by atoms with E-state index in [1.165, 1.54) is 0 Å². The average molecular weight is 329 g/mol. The number of ketones is 1. The van der Waals surface area contributed by atoms with Crippen molar-refractivity contribution in [3.63, 3.8) is 0 Å². The van der Waals surface area contributed by atoms with Crippen molar-refractivity contribution < 1.29 is 9.53 Å². The van der Waals surface area contributed by atoms with E-state index in [0.29, 0.717) is 5.56 Å². The first-order chi connectivity index (χ1) is 12.3. The van der Waals surface area contributed by atoms with Crippen LogP contribution in [0.3, 0.4) is 0 Å². The molecule has 0 aromatic heterocycles. The van der Waals surface area contributed by atoms with Crippen molar-refractivity contribution in [2.75, 3.05) is 12.4 Å². The standard InChI is InChI=1S/C22H19NO2/c1-25-22-15-9-8-14-19(22)23-20(17-10-4-2-5-11-17)16-21(24)18-12-6-3-7-13-18/h2-16,23H,1H3. The van der Waals surface area contributed by atoms with Gasteiger partial charge in [0.2, 0.25) is 0 Å². The number of allylic oxidation sites excluding steroid dienone is 1. The Morgan fingerprint density at radius 2 is 1.36 bits per heavy atom. The molecular formula is C22H19NO2. The molecule has 3 rings (SSSR count). The van der Waals surface area contributed by atoms with Gasteiger partial charge >= 0.3 is 0 Å². The van der Waals surface area contributed by atoms with Gasteiger partial charge in [-0.15, -0.1) is 0 Å². The van der Waals surface area contributed by atoms with Gasteiger partial charge < -0.3 is 10.1 Å². The molecular weight excluding hydrogens is 310 g/mol. The first kappa shape index (κ1) is 16.5. The van der Waals surface area contributed by atoms with Gasteiger partial charge in [-0.25, -0.2) is 0 Å². The number of carbonyl (C=O) groups is 1. The van der Waals surface area contributed by atoms with Crippen molar-refractivity contribution in [3.05, 3.63) is 102 Å². The highest BCUT2D eigenvalue weighted by Gasteiger charge is 2.09. The summed E-state index contributed by atoms with van der Waals surface area (Å²) in [6.07, 6.45) is 1.62. The van der Waals surface area contributed by atoms with Gasteiger partial charge in [-0.05, 0) is 17.7 Å². The van der Waals surface area contributed by atoms with Gasteiger partial charge in [-0.1, -0.05) is 72.8 Å². The fraction of sp³-hybridized carbons (Fsp3) is 0.0455. The van der Waals surface area contributed by atoms with E-state index >= 15 is 0 Å². The van der Waals surface area contributed by atoms with Crippen molar-refractivity contribution in [2.45, 2.75) is 0 Å². The quantitative estimate of drug-likeness (QED) is 0.509. The molecule has 0 aliphatic rings. The summed E-state index contributed by atoms with van der Waals surface area (Å²) in [4.78, 5) is 12.6. The van der Waals surface area contributed by atoms with Gasteiger partial charge in [0.1, 0.15) is 5.75 Å². The van der Waals surface area contributed by atoms with Crippen molar-refractivity contribution in [2.24, 2.45) is 0 Å². The number of anilines is 1. The van der Waals surface area contributed by atoms with Crippen LogP contribution in [-0.2, 0) is 0 Å². The Morgan fingerprint density at radius 1 is 0.800 bits per heavy atom. The van der Waals surface area contributed by atoms with E-state index in [2.05, 4.69) is 5.32 Å². The van der Waals surface area contributed by atoms with Crippen molar-refractivity contribution in [3.8, 4) is 5.75 Å². The zero-order valence-corrected chi connectivity index (χ0v) is 14.0. The van der Waals surface area contributed by atoms with Crippen LogP contribution >= 0.6 is 0 Å². The molecule has 0 radical (unpaired) electrons. The Hall–Kier alpha value is -3.33. The molecule has 124 valence electrons. The normalized spacial score (nSPS) is 11.0. The second-order valence-electron chi connectivity index (χ2n) is 5.48. The third-order valence-electron chi connectivity index (χ3n) is 3.79. The van der Waals surface area contributed by atoms with Gasteiger partial charge in [0.05, 0.1) is 12.8 Å². The predicted molar refractivity (Wildman–Crippen MR) is 102 cm³/mol. The van der Waals surface area contributed by atoms with Crippen LogP contribution in [0, 0.1) is 0 Å². The number of ether oxygens (including phenoxy) is 1. The van der Waals surface area contributed by atoms with Crippen LogP contribution in [0.4, 0.5) is 5.69 Å². The van der Waals surface area contributed by atoms with E-state index in [9.17, 15) is 4.79 Å². The summed E-state index contributed by atoms with van der Waals surface area (Å²) in [7, 11) is 1.63. The van der Waals surface area contributed by atoms with Crippen molar-refractivity contribution in [1.29, 1.82) is 0 Å². The Bertz CT molecular complexity index is 871. The largest absolute Gasteiger partial charge is 0.495 e. The molecule has 0 saturated carbocycles. The average Bonchev–Trinajstić information content (AvgIpc) is 2.69. The van der Waals surface area contributed by atoms with E-state index in [1.54, 1.807) is 13.2 Å². The summed E-state index contributed by atoms with van der Waals surface area (Å²) in [6, 6.07) is 26.6. The molecule has 3 heteroatoms. The lowest BCUT2D eigenvalue weighted by molar-refractivity contribution is 0.104. The van der Waals surface area contributed by atoms with Gasteiger partial charge in [0.25, 0.3) is 0 Å². The number of carbonyl (C=O) groups excluding carboxylic acids is 1. The second-order valence-corrected chi connectivity index (χ2v) is 5.48. The Balaban J connectivity index is 1.99. The van der Waals surface area contributed by atoms with Crippen LogP contribution < -0.4 is 10.1 Å². The predicted octanol–water partition coefficient (Wildman–Crippen LogP) is 5.03. The third-order valence-corrected chi connectivity index (χ3v) is 3.79. The molecule has 0 aliphatic heterocycles. The molecule has 0 fully saturated rings. The number of benzene rings is 3. The lowest BCUT2D eigenvalue weighted by Gasteiger charge is -2.14. The zero-order valence-electron chi connectivity index (χ0n) is 14.0. The van der Waals surface area contributed by atoms with Gasteiger partial charge in [0, 0.05) is 17.3 Å². The lowest BCUT2D eigenvalue weighted by Crippen LogP contribution is -2.04. The van der Waals surface area contributed by atoms with Crippen LogP contribution in [-0.4, -0.2) is 12.9 Å². The number of hydrogen-bond acceptors (Lipinski definition) is 3. The van der Waals surface area contributed by atoms with Crippen LogP contribution in [0.5, 0.6) is 5.75 Å². The molecule has 0 unspecified atom stereocenters. The van der Waals surface area contributed by atoms with E-state index in [1.807, 2.05) is 84.9 Å². The minimum atomic E-state index is -0.0538. The fourth-order valence-corrected chi connectivity index (χ4v) is 2.52. The number of methoxy groups -OCH3 is 1. The molecule has 0 bridgehead atoms. The fourth-order valence-electron chi connectivity index (χ4n) is 2.52. The summed E-state index contributed by atoms with van der Waals surface area (Å²) in [6.45, 7) is 0. The zero-order chi connectivity index (χ0) is 17.5. The highest BCUT2D eigenvalue weighted by atomic mass is 16.5. The van der Waals surface area contributed by atoms with Gasteiger partial charge in [-0.3, -0.25) is 4.79 Å². The summed E-state index contributed by atoms with van der Waals surface area (Å²) in [5.41, 5.74) is 3.11. The Morgan fingerprint density at radius 3 is 2.00 bits per heavy atom. The number of hydrogen-bond donors (Lipinski definition) is 1. The molecule has 0 heterocycles. The first-order valence-corrected chi connectivity index (χ1v) is 8.04. The Labute approximate surface area is 147 Å². The minimum Gasteiger partial charge on any atom is -0.495 e. The third kappa shape index (κ3) is 4.15. The summed E-state index contributed by atoms with van der Waals surface area (Å²) >= 11 is 0. The van der Waals surface area contributed by atoms with Gasteiger partial charge in [0.15, 0.2) is 5.78 Å². The van der Waals surface area contributed by atoms with Crippen LogP contribution in [0.2, 0.25) is 0 Å². The molecule has 3 nitrogen and oxygen atoms in total. The molecule has 0 saturated heterocycles. The molecule has 0 aliphatic carbocycles. The van der Waals surface area contributed by atoms with Crippen LogP contribution in [0.15, 0.2) is 91.0 Å². The number of rotatable bonds is 6. The Kier molecular flexibility index (Phi) is 5.27. The minimum absolute atomic E-state index is 0.0538. The molecule has 0 amide bonds. The van der Waals surface area contributed by atoms with Crippen molar-refractivity contribution in [1.82, 2.24) is 0 Å². The van der Waals surface area contributed by atoms with E-state index in [-0.39, 0.29) is 5.78 Å². The van der Waals surface area contributed by atoms with Gasteiger partial charge in [-0.2, -0.15) is 0 Å². The topological polar surface area (TPSA) is 38.3 Å². The maximum atomic E-state index is 12.6. The maximum Gasteiger partial charge on any atom is 0.187 e. The molecule has 0 spiro atoms. The smallest absolute Gasteiger partial charge is 0.187 e. The van der Waals surface area contributed by atoms with E-state index in [0.717, 1.165) is 22.7 Å². The molecule has 3 aromatic rings. The SMILES string of the molecule is COc1ccccc1NC(=CC(=O)c1ccccc1)c1ccccc1. The first-order valence-electron chi connectivity index (χ1n) is 8.04. The van der Waals surface area contributed by atoms with Crippen LogP contribution in [0.25, 0.3) is 5.70 Å².